The normalized spacial score (nSPS) is 14.6. The van der Waals surface area contributed by atoms with E-state index in [4.69, 9.17) is 9.47 Å². The molecule has 3 rings (SSSR count). The van der Waals surface area contributed by atoms with Gasteiger partial charge in [-0.3, -0.25) is 0 Å². The minimum absolute atomic E-state index is 0.171. The molecule has 0 radical (unpaired) electrons. The van der Waals surface area contributed by atoms with Crippen molar-refractivity contribution in [2.75, 3.05) is 13.7 Å². The van der Waals surface area contributed by atoms with Gasteiger partial charge in [0.15, 0.2) is 12.3 Å². The molecule has 1 aliphatic rings. The Hall–Kier alpha value is -1.47. The van der Waals surface area contributed by atoms with Crippen molar-refractivity contribution >= 4 is 85.0 Å². The average Bonchev–Trinajstić information content (AvgIpc) is 3.01. The van der Waals surface area contributed by atoms with E-state index in [1.165, 1.54) is 7.11 Å². The fraction of sp³-hybridized carbons (Fsp3) is 0.105. The number of rotatable bonds is 5. The van der Waals surface area contributed by atoms with Crippen LogP contribution in [0.5, 0.6) is 5.75 Å². The summed E-state index contributed by atoms with van der Waals surface area (Å²) in [6, 6.07) is 11.0. The third-order valence-electron chi connectivity index (χ3n) is 3.60. The van der Waals surface area contributed by atoms with Gasteiger partial charge in [-0.05, 0) is 93.2 Å². The lowest BCUT2D eigenvalue weighted by molar-refractivity contribution is -0.143. The molecule has 0 fully saturated rings. The maximum Gasteiger partial charge on any atom is 0.363 e. The van der Waals surface area contributed by atoms with Gasteiger partial charge >= 0.3 is 11.9 Å². The molecule has 144 valence electrons. The summed E-state index contributed by atoms with van der Waals surface area (Å²) >= 11 is 7.59. The summed E-state index contributed by atoms with van der Waals surface area (Å²) in [5.74, 6) is -0.108. The Morgan fingerprint density at radius 2 is 1.86 bits per heavy atom. The number of carbonyl (C=O) groups is 2. The molecule has 0 spiro atoms. The van der Waals surface area contributed by atoms with E-state index in [2.05, 4.69) is 70.8 Å². The number of halogens is 3. The topological polar surface area (TPSA) is 74.2 Å². The van der Waals surface area contributed by atoms with Crippen molar-refractivity contribution in [2.24, 2.45) is 4.99 Å². The molecule has 0 saturated heterocycles. The Bertz CT molecular complexity index is 979. The number of carbonyl (C=O) groups excluding carboxylic acids is 2. The number of methoxy groups -OCH3 is 1. The molecule has 0 atom stereocenters. The highest BCUT2D eigenvalue weighted by atomic mass is 127. The Morgan fingerprint density at radius 3 is 2.46 bits per heavy atom. The molecular formula is C19H12BrI2NO5. The van der Waals surface area contributed by atoms with E-state index in [1.54, 1.807) is 6.08 Å². The lowest BCUT2D eigenvalue weighted by atomic mass is 10.2. The standard InChI is InChI=1S/C19H12BrI2NO5/c1-26-16(24)9-27-17-13(21)6-10(7-14(17)22)8-15-19(25)28-18(23-15)11-2-4-12(20)5-3-11/h2-8H,9H2,1H3/b15-8-. The van der Waals surface area contributed by atoms with Crippen molar-refractivity contribution in [3.63, 3.8) is 0 Å². The molecule has 0 bridgehead atoms. The summed E-state index contributed by atoms with van der Waals surface area (Å²) in [5, 5.41) is 0. The Balaban J connectivity index is 1.85. The van der Waals surface area contributed by atoms with Gasteiger partial charge in [-0.25, -0.2) is 14.6 Å². The third kappa shape index (κ3) is 5.11. The van der Waals surface area contributed by atoms with Gasteiger partial charge in [0.05, 0.1) is 14.3 Å². The fourth-order valence-electron chi connectivity index (χ4n) is 2.27. The van der Waals surface area contributed by atoms with E-state index in [-0.39, 0.29) is 18.2 Å². The molecule has 28 heavy (non-hydrogen) atoms. The molecule has 0 saturated carbocycles. The van der Waals surface area contributed by atoms with Gasteiger partial charge in [0.1, 0.15) is 5.75 Å². The molecule has 1 aliphatic heterocycles. The first kappa shape index (κ1) is 21.2. The van der Waals surface area contributed by atoms with Crippen molar-refractivity contribution < 1.29 is 23.8 Å². The number of benzene rings is 2. The average molecular weight is 668 g/mol. The molecule has 1 heterocycles. The lowest BCUT2D eigenvalue weighted by Crippen LogP contribution is -2.13. The second-order valence-corrected chi connectivity index (χ2v) is 8.76. The third-order valence-corrected chi connectivity index (χ3v) is 5.73. The summed E-state index contributed by atoms with van der Waals surface area (Å²) in [6.45, 7) is -0.171. The number of esters is 2. The van der Waals surface area contributed by atoms with E-state index in [1.807, 2.05) is 36.4 Å². The van der Waals surface area contributed by atoms with Gasteiger partial charge in [-0.2, -0.15) is 0 Å². The van der Waals surface area contributed by atoms with Gasteiger partial charge in [-0.1, -0.05) is 15.9 Å². The predicted octanol–water partition coefficient (Wildman–Crippen LogP) is 4.55. The number of nitrogens with zero attached hydrogens (tertiary/aromatic N) is 1. The molecule has 2 aromatic rings. The van der Waals surface area contributed by atoms with E-state index in [9.17, 15) is 9.59 Å². The van der Waals surface area contributed by atoms with Crippen molar-refractivity contribution in [1.82, 2.24) is 0 Å². The Morgan fingerprint density at radius 1 is 1.21 bits per heavy atom. The van der Waals surface area contributed by atoms with Crippen LogP contribution in [0.3, 0.4) is 0 Å². The highest BCUT2D eigenvalue weighted by Gasteiger charge is 2.24. The van der Waals surface area contributed by atoms with Crippen LogP contribution in [0.15, 0.2) is 51.6 Å². The van der Waals surface area contributed by atoms with Gasteiger partial charge in [-0.15, -0.1) is 0 Å². The minimum atomic E-state index is -0.506. The van der Waals surface area contributed by atoms with Crippen LogP contribution in [0.2, 0.25) is 0 Å². The monoisotopic (exact) mass is 667 g/mol. The second kappa shape index (κ2) is 9.35. The van der Waals surface area contributed by atoms with Gasteiger partial charge in [0.2, 0.25) is 5.90 Å². The molecule has 9 heteroatoms. The highest BCUT2D eigenvalue weighted by molar-refractivity contribution is 14.1. The fourth-order valence-corrected chi connectivity index (χ4v) is 4.67. The molecule has 2 aromatic carbocycles. The van der Waals surface area contributed by atoms with E-state index >= 15 is 0 Å². The maximum atomic E-state index is 12.2. The summed E-state index contributed by atoms with van der Waals surface area (Å²) in [7, 11) is 1.31. The number of hydrogen-bond acceptors (Lipinski definition) is 6. The molecule has 0 aliphatic carbocycles. The number of ether oxygens (including phenoxy) is 3. The molecule has 0 amide bonds. The van der Waals surface area contributed by atoms with Gasteiger partial charge in [0, 0.05) is 10.0 Å². The van der Waals surface area contributed by atoms with Crippen molar-refractivity contribution in [3.8, 4) is 5.75 Å². The zero-order chi connectivity index (χ0) is 20.3. The van der Waals surface area contributed by atoms with Crippen LogP contribution in [0, 0.1) is 7.14 Å². The lowest BCUT2D eigenvalue weighted by Gasteiger charge is -2.10. The highest BCUT2D eigenvalue weighted by Crippen LogP contribution is 2.30. The van der Waals surface area contributed by atoms with Crippen LogP contribution in [0.4, 0.5) is 0 Å². The molecule has 0 aromatic heterocycles. The first-order valence-electron chi connectivity index (χ1n) is 7.84. The van der Waals surface area contributed by atoms with E-state index < -0.39 is 11.9 Å². The SMILES string of the molecule is COC(=O)COc1c(I)cc(/C=C2\N=C(c3ccc(Br)cc3)OC2=O)cc1I. The minimum Gasteiger partial charge on any atom is -0.480 e. The number of cyclic esters (lactones) is 1. The van der Waals surface area contributed by atoms with Crippen molar-refractivity contribution in [2.45, 2.75) is 0 Å². The second-order valence-electron chi connectivity index (χ2n) is 5.52. The first-order valence-corrected chi connectivity index (χ1v) is 10.8. The van der Waals surface area contributed by atoms with Gasteiger partial charge < -0.3 is 14.2 Å². The molecule has 0 N–H and O–H groups in total. The van der Waals surface area contributed by atoms with Crippen LogP contribution in [0.25, 0.3) is 6.08 Å². The summed E-state index contributed by atoms with van der Waals surface area (Å²) < 4.78 is 17.9. The summed E-state index contributed by atoms with van der Waals surface area (Å²) in [5.41, 5.74) is 1.70. The predicted molar refractivity (Wildman–Crippen MR) is 124 cm³/mol. The number of aliphatic imine (C=N–C) groups is 1. The van der Waals surface area contributed by atoms with E-state index in [0.29, 0.717) is 5.75 Å². The van der Waals surface area contributed by atoms with Crippen LogP contribution in [-0.4, -0.2) is 31.6 Å². The van der Waals surface area contributed by atoms with Crippen molar-refractivity contribution in [3.05, 3.63) is 64.8 Å². The zero-order valence-electron chi connectivity index (χ0n) is 14.4. The van der Waals surface area contributed by atoms with Crippen molar-refractivity contribution in [1.29, 1.82) is 0 Å². The Labute approximate surface area is 196 Å². The van der Waals surface area contributed by atoms with Gasteiger partial charge in [0.25, 0.3) is 0 Å². The molecular weight excluding hydrogens is 656 g/mol. The molecule has 6 nitrogen and oxygen atoms in total. The quantitative estimate of drug-likeness (QED) is 0.266. The smallest absolute Gasteiger partial charge is 0.363 e. The zero-order valence-corrected chi connectivity index (χ0v) is 20.3. The van der Waals surface area contributed by atoms with Crippen LogP contribution in [0.1, 0.15) is 11.1 Å². The number of hydrogen-bond donors (Lipinski definition) is 0. The first-order chi connectivity index (χ1) is 13.4. The molecule has 0 unspecified atom stereocenters. The Kier molecular flexibility index (Phi) is 7.10. The van der Waals surface area contributed by atoms with Crippen LogP contribution < -0.4 is 4.74 Å². The summed E-state index contributed by atoms with van der Waals surface area (Å²) in [4.78, 5) is 27.8. The van der Waals surface area contributed by atoms with E-state index in [0.717, 1.165) is 22.7 Å². The summed E-state index contributed by atoms with van der Waals surface area (Å²) in [6.07, 6.45) is 1.66. The largest absolute Gasteiger partial charge is 0.480 e. The van der Waals surface area contributed by atoms with Crippen LogP contribution >= 0.6 is 61.1 Å². The maximum absolute atomic E-state index is 12.2. The van der Waals surface area contributed by atoms with Crippen LogP contribution in [-0.2, 0) is 19.1 Å².